The number of allylic oxidation sites excluding steroid dienone is 6. The molecule has 3 rings (SSSR count). The fourth-order valence-electron chi connectivity index (χ4n) is 7.61. The Bertz CT molecular complexity index is 746. The number of rotatable bonds is 7. The molecule has 0 saturated heterocycles. The molecule has 176 valence electrons. The van der Waals surface area contributed by atoms with Crippen LogP contribution in [0.1, 0.15) is 120 Å². The Kier molecular flexibility index (Phi) is 7.37. The van der Waals surface area contributed by atoms with E-state index in [1.807, 2.05) is 11.1 Å². The van der Waals surface area contributed by atoms with Crippen molar-refractivity contribution in [3.63, 3.8) is 0 Å². The van der Waals surface area contributed by atoms with Crippen molar-refractivity contribution in [2.45, 2.75) is 126 Å². The van der Waals surface area contributed by atoms with Gasteiger partial charge in [0, 0.05) is 0 Å². The third-order valence-corrected chi connectivity index (χ3v) is 10.1. The molecular weight excluding hydrogens is 376 g/mol. The third-order valence-electron chi connectivity index (χ3n) is 10.1. The predicted octanol–water partition coefficient (Wildman–Crippen LogP) is 8.79. The monoisotopic (exact) mass is 426 g/mol. The van der Waals surface area contributed by atoms with Crippen LogP contribution < -0.4 is 0 Å². The highest BCUT2D eigenvalue weighted by molar-refractivity contribution is 5.37. The van der Waals surface area contributed by atoms with Crippen LogP contribution in [0.3, 0.4) is 0 Å². The van der Waals surface area contributed by atoms with Crippen LogP contribution in [0.5, 0.6) is 0 Å². The summed E-state index contributed by atoms with van der Waals surface area (Å²) in [5.74, 6) is 1.37. The van der Waals surface area contributed by atoms with E-state index in [0.717, 1.165) is 12.3 Å². The first-order chi connectivity index (χ1) is 14.4. The van der Waals surface area contributed by atoms with Crippen molar-refractivity contribution >= 4 is 0 Å². The van der Waals surface area contributed by atoms with Crippen LogP contribution in [0.4, 0.5) is 0 Å². The maximum atomic E-state index is 10.7. The molecule has 1 N–H and O–H groups in total. The molecule has 0 amide bonds. The second kappa shape index (κ2) is 9.20. The van der Waals surface area contributed by atoms with Gasteiger partial charge in [0.2, 0.25) is 0 Å². The number of hydrogen-bond acceptors (Lipinski definition) is 1. The molecule has 3 aliphatic carbocycles. The van der Waals surface area contributed by atoms with Gasteiger partial charge in [-0.2, -0.15) is 0 Å². The van der Waals surface area contributed by atoms with E-state index in [-0.39, 0.29) is 11.5 Å². The Morgan fingerprint density at radius 1 is 0.968 bits per heavy atom. The number of hydrogen-bond donors (Lipinski definition) is 1. The molecule has 3 aliphatic rings. The molecule has 0 aromatic rings. The molecule has 0 aromatic heterocycles. The highest BCUT2D eigenvalue weighted by Gasteiger charge is 2.57. The second-order valence-corrected chi connectivity index (χ2v) is 12.6. The summed E-state index contributed by atoms with van der Waals surface area (Å²) in [5, 5.41) is 10.7. The summed E-state index contributed by atoms with van der Waals surface area (Å²) in [4.78, 5) is 0. The molecule has 0 heterocycles. The molecular formula is C30H50O. The van der Waals surface area contributed by atoms with Crippen molar-refractivity contribution in [3.8, 4) is 0 Å². The minimum absolute atomic E-state index is 0.0456. The molecule has 1 saturated carbocycles. The quantitative estimate of drug-likeness (QED) is 0.403. The fraction of sp³-hybridized carbons (Fsp3) is 0.800. The van der Waals surface area contributed by atoms with Gasteiger partial charge in [-0.3, -0.25) is 0 Å². The van der Waals surface area contributed by atoms with Crippen molar-refractivity contribution in [1.29, 1.82) is 0 Å². The van der Waals surface area contributed by atoms with E-state index in [4.69, 9.17) is 0 Å². The molecule has 1 heteroatoms. The van der Waals surface area contributed by atoms with Gasteiger partial charge in [0.25, 0.3) is 0 Å². The summed E-state index contributed by atoms with van der Waals surface area (Å²) in [7, 11) is 0. The molecule has 0 spiro atoms. The highest BCUT2D eigenvalue weighted by Crippen LogP contribution is 2.66. The zero-order valence-electron chi connectivity index (χ0n) is 21.9. The van der Waals surface area contributed by atoms with Gasteiger partial charge in [0.1, 0.15) is 0 Å². The Morgan fingerprint density at radius 3 is 2.35 bits per heavy atom. The van der Waals surface area contributed by atoms with E-state index in [9.17, 15) is 5.11 Å². The molecule has 1 fully saturated rings. The van der Waals surface area contributed by atoms with Crippen LogP contribution in [0.25, 0.3) is 0 Å². The number of aliphatic hydroxyl groups is 1. The Balaban J connectivity index is 1.70. The summed E-state index contributed by atoms with van der Waals surface area (Å²) in [6.07, 6.45) is 17.0. The van der Waals surface area contributed by atoms with Crippen LogP contribution in [0.2, 0.25) is 0 Å². The van der Waals surface area contributed by atoms with Crippen molar-refractivity contribution in [2.24, 2.45) is 28.1 Å². The normalized spacial score (nSPS) is 36.1. The topological polar surface area (TPSA) is 20.2 Å². The number of fused-ring (bicyclic) bond motifs is 2. The van der Waals surface area contributed by atoms with Gasteiger partial charge in [-0.15, -0.1) is 0 Å². The van der Waals surface area contributed by atoms with Crippen molar-refractivity contribution in [3.05, 3.63) is 34.4 Å². The van der Waals surface area contributed by atoms with Crippen molar-refractivity contribution < 1.29 is 5.11 Å². The number of aliphatic hydroxyl groups excluding tert-OH is 1. The molecule has 5 atom stereocenters. The van der Waals surface area contributed by atoms with E-state index in [0.29, 0.717) is 16.7 Å². The average molecular weight is 427 g/mol. The van der Waals surface area contributed by atoms with Crippen molar-refractivity contribution in [2.75, 3.05) is 0 Å². The van der Waals surface area contributed by atoms with Gasteiger partial charge in [0.05, 0.1) is 6.10 Å². The van der Waals surface area contributed by atoms with Gasteiger partial charge in [0.15, 0.2) is 0 Å². The van der Waals surface area contributed by atoms with E-state index in [1.165, 1.54) is 63.4 Å². The lowest BCUT2D eigenvalue weighted by molar-refractivity contribution is -0.0890. The molecule has 0 unspecified atom stereocenters. The first kappa shape index (κ1) is 24.8. The molecule has 1 nitrogen and oxygen atoms in total. The van der Waals surface area contributed by atoms with Gasteiger partial charge < -0.3 is 5.11 Å². The molecule has 31 heavy (non-hydrogen) atoms. The Morgan fingerprint density at radius 2 is 1.68 bits per heavy atom. The van der Waals surface area contributed by atoms with Gasteiger partial charge in [-0.1, -0.05) is 69.1 Å². The predicted molar refractivity (Wildman–Crippen MR) is 135 cm³/mol. The first-order valence-electron chi connectivity index (χ1n) is 13.1. The standard InChI is InChI=1S/C30H50O/c1-21(2)11-9-12-22(3)13-10-14-23(4)29(7)19-17-25-24(29)15-16-26-28(5,6)27(31)18-20-30(25,26)8/h11,13,23,26-27,31H,9-10,12,14-20H2,1-8H3/b22-13+/t23-,26+,27+,29-,30-/m1/s1. The van der Waals surface area contributed by atoms with Crippen LogP contribution in [-0.2, 0) is 0 Å². The molecule has 0 aromatic carbocycles. The summed E-state index contributed by atoms with van der Waals surface area (Å²) in [6.45, 7) is 19.0. The van der Waals surface area contributed by atoms with Gasteiger partial charge in [-0.25, -0.2) is 0 Å². The van der Waals surface area contributed by atoms with Crippen LogP contribution in [-0.4, -0.2) is 11.2 Å². The zero-order valence-corrected chi connectivity index (χ0v) is 21.9. The van der Waals surface area contributed by atoms with E-state index < -0.39 is 0 Å². The second-order valence-electron chi connectivity index (χ2n) is 12.6. The Hall–Kier alpha value is -0.820. The summed E-state index contributed by atoms with van der Waals surface area (Å²) >= 11 is 0. The van der Waals surface area contributed by atoms with Crippen LogP contribution >= 0.6 is 0 Å². The summed E-state index contributed by atoms with van der Waals surface area (Å²) in [6, 6.07) is 0. The van der Waals surface area contributed by atoms with E-state index in [1.54, 1.807) is 5.57 Å². The highest BCUT2D eigenvalue weighted by atomic mass is 16.3. The maximum Gasteiger partial charge on any atom is 0.0594 e. The van der Waals surface area contributed by atoms with E-state index >= 15 is 0 Å². The minimum atomic E-state index is -0.133. The zero-order chi connectivity index (χ0) is 23.0. The minimum Gasteiger partial charge on any atom is -0.393 e. The summed E-state index contributed by atoms with van der Waals surface area (Å²) in [5.41, 5.74) is 7.37. The SMILES string of the molecule is CC(C)=CCC/C(C)=C/CC[C@@H](C)[C@@]1(C)CCC2=C1CC[C@H]1C(C)(C)[C@@H](O)CC[C@]21C. The molecule has 0 aliphatic heterocycles. The average Bonchev–Trinajstić information content (AvgIpc) is 3.04. The van der Waals surface area contributed by atoms with Crippen LogP contribution in [0.15, 0.2) is 34.4 Å². The van der Waals surface area contributed by atoms with Gasteiger partial charge in [-0.05, 0) is 113 Å². The smallest absolute Gasteiger partial charge is 0.0594 e. The van der Waals surface area contributed by atoms with Gasteiger partial charge >= 0.3 is 0 Å². The first-order valence-corrected chi connectivity index (χ1v) is 13.1. The summed E-state index contributed by atoms with van der Waals surface area (Å²) < 4.78 is 0. The molecule has 0 radical (unpaired) electrons. The lowest BCUT2D eigenvalue weighted by Crippen LogP contribution is -2.52. The third kappa shape index (κ3) is 4.64. The van der Waals surface area contributed by atoms with Crippen molar-refractivity contribution in [1.82, 2.24) is 0 Å². The fourth-order valence-corrected chi connectivity index (χ4v) is 7.61. The van der Waals surface area contributed by atoms with Crippen LogP contribution in [0, 0.1) is 28.1 Å². The largest absolute Gasteiger partial charge is 0.393 e. The maximum absolute atomic E-state index is 10.7. The lowest BCUT2D eigenvalue weighted by Gasteiger charge is -2.57. The molecule has 0 bridgehead atoms. The Labute approximate surface area is 193 Å². The van der Waals surface area contributed by atoms with E-state index in [2.05, 4.69) is 67.5 Å². The lowest BCUT2D eigenvalue weighted by atomic mass is 9.49.